The number of ketones is 2. The number of allylic oxidation sites excluding steroid dienone is 2. The number of benzene rings is 1. The minimum Gasteiger partial charge on any atom is -0.456 e. The van der Waals surface area contributed by atoms with Gasteiger partial charge in [-0.15, -0.1) is 0 Å². The van der Waals surface area contributed by atoms with Crippen molar-refractivity contribution < 1.29 is 47.7 Å². The van der Waals surface area contributed by atoms with Gasteiger partial charge in [0.2, 0.25) is 18.2 Å². The van der Waals surface area contributed by atoms with Crippen LogP contribution in [0.25, 0.3) is 0 Å². The van der Waals surface area contributed by atoms with Gasteiger partial charge in [-0.1, -0.05) is 24.3 Å². The molecule has 1 heterocycles. The Bertz CT molecular complexity index is 994. The summed E-state index contributed by atoms with van der Waals surface area (Å²) < 4.78 is 27.2. The Morgan fingerprint density at radius 2 is 1.34 bits per heavy atom. The SMILES string of the molecule is CC(=O)O[C@H]1[C@H](OC(C)=O)[C@@H](OC2=CC(=O)c3ccccc3C2=O)O[C@@H](C)[C@H]1OC(C)=O. The van der Waals surface area contributed by atoms with Crippen LogP contribution in [-0.4, -0.2) is 60.2 Å². The van der Waals surface area contributed by atoms with Gasteiger partial charge in [0, 0.05) is 38.0 Å². The number of carbonyl (C=O) groups excluding carboxylic acids is 5. The lowest BCUT2D eigenvalue weighted by molar-refractivity contribution is -0.291. The maximum absolute atomic E-state index is 12.9. The van der Waals surface area contributed by atoms with Gasteiger partial charge in [0.15, 0.2) is 23.8 Å². The fraction of sp³-hybridized carbons (Fsp3) is 0.409. The summed E-state index contributed by atoms with van der Waals surface area (Å²) in [5.74, 6) is -3.49. The van der Waals surface area contributed by atoms with E-state index in [9.17, 15) is 24.0 Å². The zero-order chi connectivity index (χ0) is 23.6. The molecule has 1 aromatic rings. The van der Waals surface area contributed by atoms with Crippen molar-refractivity contribution in [2.24, 2.45) is 0 Å². The van der Waals surface area contributed by atoms with Crippen molar-refractivity contribution in [3.63, 3.8) is 0 Å². The molecule has 0 unspecified atom stereocenters. The highest BCUT2D eigenvalue weighted by Gasteiger charge is 2.52. The van der Waals surface area contributed by atoms with E-state index in [-0.39, 0.29) is 16.9 Å². The first-order valence-electron chi connectivity index (χ1n) is 9.82. The molecule has 0 bridgehead atoms. The molecule has 0 spiro atoms. The lowest BCUT2D eigenvalue weighted by atomic mass is 9.93. The van der Waals surface area contributed by atoms with E-state index in [1.807, 2.05) is 0 Å². The molecule has 1 aromatic carbocycles. The summed E-state index contributed by atoms with van der Waals surface area (Å²) in [6, 6.07) is 6.24. The number of hydrogen-bond donors (Lipinski definition) is 0. The van der Waals surface area contributed by atoms with Gasteiger partial charge in [0.25, 0.3) is 0 Å². The van der Waals surface area contributed by atoms with Crippen LogP contribution in [0.5, 0.6) is 0 Å². The van der Waals surface area contributed by atoms with Crippen LogP contribution >= 0.6 is 0 Å². The number of hydrogen-bond acceptors (Lipinski definition) is 10. The lowest BCUT2D eigenvalue weighted by Crippen LogP contribution is -2.61. The molecule has 0 N–H and O–H groups in total. The van der Waals surface area contributed by atoms with E-state index in [0.717, 1.165) is 26.8 Å². The maximum Gasteiger partial charge on any atom is 0.303 e. The molecule has 10 heteroatoms. The molecule has 5 atom stereocenters. The number of rotatable bonds is 5. The molecule has 0 saturated carbocycles. The van der Waals surface area contributed by atoms with Crippen LogP contribution in [0.3, 0.4) is 0 Å². The molecule has 10 nitrogen and oxygen atoms in total. The predicted molar refractivity (Wildman–Crippen MR) is 105 cm³/mol. The Kier molecular flexibility index (Phi) is 6.73. The number of fused-ring (bicyclic) bond motifs is 1. The van der Waals surface area contributed by atoms with E-state index < -0.39 is 60.2 Å². The fourth-order valence-corrected chi connectivity index (χ4v) is 3.57. The summed E-state index contributed by atoms with van der Waals surface area (Å²) in [5.41, 5.74) is 0.379. The van der Waals surface area contributed by atoms with Crippen LogP contribution in [0.1, 0.15) is 48.4 Å². The number of esters is 3. The summed E-state index contributed by atoms with van der Waals surface area (Å²) in [4.78, 5) is 60.3. The van der Waals surface area contributed by atoms with Crippen molar-refractivity contribution in [1.29, 1.82) is 0 Å². The van der Waals surface area contributed by atoms with Crippen molar-refractivity contribution in [3.8, 4) is 0 Å². The van der Waals surface area contributed by atoms with E-state index in [1.54, 1.807) is 12.1 Å². The van der Waals surface area contributed by atoms with Crippen LogP contribution in [0.2, 0.25) is 0 Å². The van der Waals surface area contributed by atoms with Crippen LogP contribution in [-0.2, 0) is 38.1 Å². The smallest absolute Gasteiger partial charge is 0.303 e. The minimum atomic E-state index is -1.43. The molecule has 1 aliphatic carbocycles. The molecule has 170 valence electrons. The Morgan fingerprint density at radius 3 is 1.94 bits per heavy atom. The summed E-state index contributed by atoms with van der Waals surface area (Å²) in [5, 5.41) is 0. The van der Waals surface area contributed by atoms with Crippen molar-refractivity contribution in [2.75, 3.05) is 0 Å². The normalized spacial score (nSPS) is 27.0. The second kappa shape index (κ2) is 9.31. The molecule has 1 fully saturated rings. The molecule has 3 rings (SSSR count). The van der Waals surface area contributed by atoms with Crippen molar-refractivity contribution in [1.82, 2.24) is 0 Å². The predicted octanol–water partition coefficient (Wildman–Crippen LogP) is 1.51. The van der Waals surface area contributed by atoms with E-state index in [0.29, 0.717) is 0 Å². The zero-order valence-corrected chi connectivity index (χ0v) is 17.9. The highest BCUT2D eigenvalue weighted by Crippen LogP contribution is 2.32. The van der Waals surface area contributed by atoms with Gasteiger partial charge < -0.3 is 23.7 Å². The largest absolute Gasteiger partial charge is 0.456 e. The van der Waals surface area contributed by atoms with E-state index >= 15 is 0 Å². The molecule has 2 aliphatic rings. The molecule has 0 aromatic heterocycles. The van der Waals surface area contributed by atoms with Gasteiger partial charge >= 0.3 is 17.9 Å². The first-order valence-corrected chi connectivity index (χ1v) is 9.82. The minimum absolute atomic E-state index is 0.150. The Labute approximate surface area is 183 Å². The van der Waals surface area contributed by atoms with Crippen LogP contribution < -0.4 is 0 Å². The molecule has 0 radical (unpaired) electrons. The first kappa shape index (κ1) is 23.1. The van der Waals surface area contributed by atoms with E-state index in [1.165, 1.54) is 19.1 Å². The van der Waals surface area contributed by atoms with Crippen LogP contribution in [0.15, 0.2) is 36.1 Å². The number of Topliss-reactive ketones (excluding diaryl/α,β-unsaturated/α-hetero) is 1. The maximum atomic E-state index is 12.9. The Balaban J connectivity index is 1.94. The van der Waals surface area contributed by atoms with Gasteiger partial charge in [0.1, 0.15) is 0 Å². The van der Waals surface area contributed by atoms with E-state index in [2.05, 4.69) is 0 Å². The van der Waals surface area contributed by atoms with Crippen molar-refractivity contribution >= 4 is 29.5 Å². The average Bonchev–Trinajstić information content (AvgIpc) is 2.70. The van der Waals surface area contributed by atoms with Crippen molar-refractivity contribution in [3.05, 3.63) is 47.2 Å². The zero-order valence-electron chi connectivity index (χ0n) is 17.9. The number of carbonyl (C=O) groups is 5. The topological polar surface area (TPSA) is 132 Å². The van der Waals surface area contributed by atoms with Gasteiger partial charge in [-0.3, -0.25) is 24.0 Å². The summed E-state index contributed by atoms with van der Waals surface area (Å²) in [6.45, 7) is 4.94. The average molecular weight is 446 g/mol. The van der Waals surface area contributed by atoms with Crippen LogP contribution in [0, 0.1) is 0 Å². The molecule has 1 aliphatic heterocycles. The standard InChI is InChI=1S/C22H22O10/c1-10-19(29-11(2)23)20(30-12(3)24)21(31-13(4)25)22(28-10)32-17-9-16(26)14-7-5-6-8-15(14)18(17)27/h5-10,19-22H,1-4H3/t10-,19+,20+,21-,22+/m0/s1. The monoisotopic (exact) mass is 446 g/mol. The van der Waals surface area contributed by atoms with Gasteiger partial charge in [0.05, 0.1) is 6.10 Å². The van der Waals surface area contributed by atoms with Gasteiger partial charge in [-0.2, -0.15) is 0 Å². The summed E-state index contributed by atoms with van der Waals surface area (Å²) in [7, 11) is 0. The van der Waals surface area contributed by atoms with Crippen molar-refractivity contribution in [2.45, 2.75) is 58.4 Å². The second-order valence-electron chi connectivity index (χ2n) is 7.30. The Morgan fingerprint density at radius 1 is 0.812 bits per heavy atom. The first-order chi connectivity index (χ1) is 15.1. The van der Waals surface area contributed by atoms with Crippen LogP contribution in [0.4, 0.5) is 0 Å². The third-order valence-electron chi connectivity index (χ3n) is 4.80. The highest BCUT2D eigenvalue weighted by atomic mass is 16.7. The Hall–Kier alpha value is -3.53. The van der Waals surface area contributed by atoms with E-state index in [4.69, 9.17) is 23.7 Å². The third kappa shape index (κ3) is 4.86. The molecule has 0 amide bonds. The lowest BCUT2D eigenvalue weighted by Gasteiger charge is -2.43. The summed E-state index contributed by atoms with van der Waals surface area (Å²) in [6.07, 6.45) is -5.07. The number of ether oxygens (including phenoxy) is 5. The second-order valence-corrected chi connectivity index (χ2v) is 7.30. The quantitative estimate of drug-likeness (QED) is 0.484. The highest BCUT2D eigenvalue weighted by molar-refractivity contribution is 6.23. The molecule has 1 saturated heterocycles. The van der Waals surface area contributed by atoms with Gasteiger partial charge in [-0.05, 0) is 6.92 Å². The third-order valence-corrected chi connectivity index (χ3v) is 4.80. The van der Waals surface area contributed by atoms with Gasteiger partial charge in [-0.25, -0.2) is 0 Å². The molecular weight excluding hydrogens is 424 g/mol. The summed E-state index contributed by atoms with van der Waals surface area (Å²) >= 11 is 0. The fourth-order valence-electron chi connectivity index (χ4n) is 3.57. The molecular formula is C22H22O10. The molecule has 32 heavy (non-hydrogen) atoms.